The van der Waals surface area contributed by atoms with E-state index in [1.165, 1.54) is 4.57 Å². The van der Waals surface area contributed by atoms with Gasteiger partial charge >= 0.3 is 0 Å². The molecule has 3 rings (SSSR count). The molecule has 0 radical (unpaired) electrons. The molecule has 2 aromatic carbocycles. The monoisotopic (exact) mass is 425 g/mol. The maximum absolute atomic E-state index is 13.2. The molecule has 0 fully saturated rings. The lowest BCUT2D eigenvalue weighted by molar-refractivity contribution is 0.973. The zero-order valence-corrected chi connectivity index (χ0v) is 17.3. The molecule has 3 aromatic rings. The molecular formula is C21H13Cl2N3OS. The van der Waals surface area contributed by atoms with Crippen molar-refractivity contribution in [1.82, 2.24) is 4.57 Å². The van der Waals surface area contributed by atoms with Crippen molar-refractivity contribution in [3.8, 4) is 17.8 Å². The number of aromatic nitrogens is 1. The largest absolute Gasteiger partial charge is 0.273 e. The molecule has 0 bridgehead atoms. The van der Waals surface area contributed by atoms with E-state index in [1.54, 1.807) is 24.3 Å². The summed E-state index contributed by atoms with van der Waals surface area (Å²) in [5.41, 5.74) is 2.74. The summed E-state index contributed by atoms with van der Waals surface area (Å²) in [5, 5.41) is 19.6. The lowest BCUT2D eigenvalue weighted by atomic mass is 10.1. The molecule has 0 aliphatic carbocycles. The molecular weight excluding hydrogens is 413 g/mol. The van der Waals surface area contributed by atoms with Crippen LogP contribution in [0.15, 0.2) is 41.2 Å². The predicted octanol–water partition coefficient (Wildman–Crippen LogP) is 3.85. The molecule has 0 aliphatic rings. The maximum atomic E-state index is 13.2. The standard InChI is InChI=1S/C21H13Cl2N3OS/c1-12-3-6-18(13(2)7-12)26-20(27)19(28-21(26)15(10-24)11-25)8-14-4-5-16(22)9-17(14)23/h3-9H,1-2H3/b19-8+. The average molecular weight is 426 g/mol. The Morgan fingerprint density at radius 2 is 1.82 bits per heavy atom. The van der Waals surface area contributed by atoms with E-state index in [1.807, 2.05) is 44.2 Å². The second kappa shape index (κ2) is 8.04. The first-order chi connectivity index (χ1) is 13.3. The van der Waals surface area contributed by atoms with Crippen LogP contribution < -0.4 is 14.8 Å². The molecule has 7 heteroatoms. The number of hydrogen-bond acceptors (Lipinski definition) is 4. The minimum atomic E-state index is -0.319. The Hall–Kier alpha value is -2.83. The Bertz CT molecular complexity index is 1340. The zero-order valence-electron chi connectivity index (χ0n) is 15.0. The molecule has 1 heterocycles. The highest BCUT2D eigenvalue weighted by molar-refractivity contribution is 7.07. The van der Waals surface area contributed by atoms with E-state index >= 15 is 0 Å². The van der Waals surface area contributed by atoms with E-state index in [0.29, 0.717) is 30.5 Å². The first-order valence-electron chi connectivity index (χ1n) is 8.16. The Morgan fingerprint density at radius 3 is 2.43 bits per heavy atom. The van der Waals surface area contributed by atoms with E-state index < -0.39 is 0 Å². The van der Waals surface area contributed by atoms with E-state index in [4.69, 9.17) is 23.2 Å². The van der Waals surface area contributed by atoms with E-state index in [-0.39, 0.29) is 11.1 Å². The summed E-state index contributed by atoms with van der Waals surface area (Å²) in [6.07, 6.45) is 1.64. The van der Waals surface area contributed by atoms with Crippen LogP contribution in [0.3, 0.4) is 0 Å². The van der Waals surface area contributed by atoms with Crippen LogP contribution in [0.2, 0.25) is 10.0 Å². The fourth-order valence-corrected chi connectivity index (χ4v) is 4.31. The third kappa shape index (κ3) is 3.74. The summed E-state index contributed by atoms with van der Waals surface area (Å²) >= 11 is 13.2. The number of benzene rings is 2. The molecule has 1 aromatic heterocycles. The Kier molecular flexibility index (Phi) is 5.72. The number of thiazole rings is 1. The first kappa shape index (κ1) is 19.9. The van der Waals surface area contributed by atoms with Gasteiger partial charge in [-0.05, 0) is 49.2 Å². The van der Waals surface area contributed by atoms with Crippen molar-refractivity contribution < 1.29 is 0 Å². The fourth-order valence-electron chi connectivity index (χ4n) is 2.81. The second-order valence-corrected chi connectivity index (χ2v) is 7.99. The number of hydrogen-bond donors (Lipinski definition) is 0. The van der Waals surface area contributed by atoms with Gasteiger partial charge in [0, 0.05) is 10.0 Å². The van der Waals surface area contributed by atoms with Crippen LogP contribution in [-0.2, 0) is 0 Å². The van der Waals surface area contributed by atoms with Gasteiger partial charge in [0.15, 0.2) is 5.57 Å². The van der Waals surface area contributed by atoms with Gasteiger partial charge in [-0.25, -0.2) is 0 Å². The molecule has 0 amide bonds. The molecule has 0 saturated carbocycles. The van der Waals surface area contributed by atoms with Crippen molar-refractivity contribution in [2.45, 2.75) is 13.8 Å². The van der Waals surface area contributed by atoms with Crippen LogP contribution in [0.4, 0.5) is 0 Å². The van der Waals surface area contributed by atoms with Gasteiger partial charge in [0.2, 0.25) is 0 Å². The van der Waals surface area contributed by atoms with Crippen LogP contribution in [0.25, 0.3) is 17.3 Å². The molecule has 0 aliphatic heterocycles. The smallest absolute Gasteiger partial charge is 0.267 e. The highest BCUT2D eigenvalue weighted by atomic mass is 35.5. The molecule has 0 N–H and O–H groups in total. The van der Waals surface area contributed by atoms with Crippen molar-refractivity contribution in [3.63, 3.8) is 0 Å². The van der Waals surface area contributed by atoms with Crippen LogP contribution in [0, 0.1) is 36.5 Å². The quantitative estimate of drug-likeness (QED) is 0.625. The van der Waals surface area contributed by atoms with Gasteiger partial charge in [-0.1, -0.05) is 47.0 Å². The van der Waals surface area contributed by atoms with Crippen molar-refractivity contribution in [3.05, 3.63) is 82.7 Å². The Balaban J connectivity index is 2.43. The van der Waals surface area contributed by atoms with E-state index in [2.05, 4.69) is 0 Å². The summed E-state index contributed by atoms with van der Waals surface area (Å²) < 4.78 is 2.07. The van der Waals surface area contributed by atoms with Crippen molar-refractivity contribution in [2.75, 3.05) is 0 Å². The molecule has 0 unspecified atom stereocenters. The number of nitriles is 2. The number of halogens is 2. The Labute approximate surface area is 175 Å². The van der Waals surface area contributed by atoms with E-state index in [9.17, 15) is 15.3 Å². The van der Waals surface area contributed by atoms with Gasteiger partial charge in [0.1, 0.15) is 16.8 Å². The predicted molar refractivity (Wildman–Crippen MR) is 113 cm³/mol. The fraction of sp³-hybridized carbons (Fsp3) is 0.0952. The van der Waals surface area contributed by atoms with Crippen LogP contribution in [0.1, 0.15) is 16.7 Å². The molecule has 0 saturated heterocycles. The topological polar surface area (TPSA) is 69.6 Å². The van der Waals surface area contributed by atoms with Gasteiger partial charge in [-0.3, -0.25) is 9.36 Å². The summed E-state index contributed by atoms with van der Waals surface area (Å²) in [4.78, 5) is 13.2. The normalized spacial score (nSPS) is 11.1. The number of aryl methyl sites for hydroxylation is 2. The minimum Gasteiger partial charge on any atom is -0.267 e. The van der Waals surface area contributed by atoms with E-state index in [0.717, 1.165) is 22.5 Å². The summed E-state index contributed by atoms with van der Waals surface area (Å²) in [6.45, 7) is 3.84. The number of nitrogens with zero attached hydrogens (tertiary/aromatic N) is 3. The molecule has 28 heavy (non-hydrogen) atoms. The maximum Gasteiger partial charge on any atom is 0.273 e. The summed E-state index contributed by atoms with van der Waals surface area (Å²) in [6, 6.07) is 14.4. The van der Waals surface area contributed by atoms with Gasteiger partial charge < -0.3 is 0 Å². The average Bonchev–Trinajstić information content (AvgIpc) is 2.95. The van der Waals surface area contributed by atoms with Crippen molar-refractivity contribution >= 4 is 46.2 Å². The van der Waals surface area contributed by atoms with Crippen molar-refractivity contribution in [1.29, 1.82) is 10.5 Å². The first-order valence-corrected chi connectivity index (χ1v) is 9.73. The third-order valence-electron chi connectivity index (χ3n) is 4.10. The minimum absolute atomic E-state index is 0.121. The highest BCUT2D eigenvalue weighted by Crippen LogP contribution is 2.21. The zero-order chi connectivity index (χ0) is 20.4. The molecule has 138 valence electrons. The SMILES string of the molecule is Cc1ccc(-n2c(=C(C#N)C#N)s/c(=C/c3ccc(Cl)cc3Cl)c2=O)c(C)c1. The summed E-state index contributed by atoms with van der Waals surface area (Å²) in [5.74, 6) is 0. The van der Waals surface area contributed by atoms with Gasteiger partial charge in [-0.15, -0.1) is 11.3 Å². The van der Waals surface area contributed by atoms with Gasteiger partial charge in [0.05, 0.1) is 10.2 Å². The van der Waals surface area contributed by atoms with Gasteiger partial charge in [-0.2, -0.15) is 10.5 Å². The number of rotatable bonds is 2. The Morgan fingerprint density at radius 1 is 1.11 bits per heavy atom. The van der Waals surface area contributed by atoms with Gasteiger partial charge in [0.25, 0.3) is 5.56 Å². The third-order valence-corrected chi connectivity index (χ3v) is 5.76. The lowest BCUT2D eigenvalue weighted by Gasteiger charge is -2.07. The van der Waals surface area contributed by atoms with Crippen LogP contribution >= 0.6 is 34.5 Å². The molecule has 0 atom stereocenters. The molecule has 4 nitrogen and oxygen atoms in total. The second-order valence-electron chi connectivity index (χ2n) is 6.11. The van der Waals surface area contributed by atoms with Crippen LogP contribution in [0.5, 0.6) is 0 Å². The lowest BCUT2D eigenvalue weighted by Crippen LogP contribution is -2.31. The highest BCUT2D eigenvalue weighted by Gasteiger charge is 2.13. The van der Waals surface area contributed by atoms with Crippen LogP contribution in [-0.4, -0.2) is 4.57 Å². The molecule has 0 spiro atoms. The van der Waals surface area contributed by atoms with Crippen molar-refractivity contribution in [2.24, 2.45) is 0 Å². The summed E-state index contributed by atoms with van der Waals surface area (Å²) in [7, 11) is 0.